The van der Waals surface area contributed by atoms with Gasteiger partial charge in [-0.2, -0.15) is 0 Å². The van der Waals surface area contributed by atoms with Crippen molar-refractivity contribution in [2.75, 3.05) is 27.2 Å². The lowest BCUT2D eigenvalue weighted by Gasteiger charge is -2.24. The van der Waals surface area contributed by atoms with Crippen LogP contribution < -0.4 is 5.73 Å². The molecule has 0 aromatic heterocycles. The molecule has 0 spiro atoms. The molecule has 92 valence electrons. The van der Waals surface area contributed by atoms with Gasteiger partial charge in [-0.05, 0) is 13.8 Å². The van der Waals surface area contributed by atoms with E-state index in [4.69, 9.17) is 18.0 Å². The topological polar surface area (TPSA) is 66.6 Å². The molecule has 0 saturated heterocycles. The van der Waals surface area contributed by atoms with E-state index in [0.717, 1.165) is 0 Å². The second-order valence-corrected chi connectivity index (χ2v) is 4.24. The zero-order valence-electron chi connectivity index (χ0n) is 10.2. The summed E-state index contributed by atoms with van der Waals surface area (Å²) < 4.78 is 0. The van der Waals surface area contributed by atoms with Crippen molar-refractivity contribution in [3.8, 4) is 0 Å². The van der Waals surface area contributed by atoms with E-state index >= 15 is 0 Å². The first-order valence-corrected chi connectivity index (χ1v) is 5.50. The molecule has 0 saturated carbocycles. The fourth-order valence-corrected chi connectivity index (χ4v) is 1.15. The summed E-state index contributed by atoms with van der Waals surface area (Å²) in [6.45, 7) is 3.99. The summed E-state index contributed by atoms with van der Waals surface area (Å²) >= 11 is 4.76. The molecule has 0 aliphatic carbocycles. The molecule has 0 radical (unpaired) electrons. The Bertz CT molecular complexity index is 292. The van der Waals surface area contributed by atoms with Crippen molar-refractivity contribution in [3.05, 3.63) is 0 Å². The van der Waals surface area contributed by atoms with Gasteiger partial charge in [-0.25, -0.2) is 0 Å². The molecule has 0 heterocycles. The molecule has 16 heavy (non-hydrogen) atoms. The summed E-state index contributed by atoms with van der Waals surface area (Å²) in [6, 6.07) is 0. The minimum atomic E-state index is -0.523. The standard InChI is InChI=1S/C10H19N3O2S/c1-5-13(6-8(14)12(3)4)10(15)7(2)9(11)16/h7H,5-6H2,1-4H3,(H2,11,16). The molecule has 0 aliphatic rings. The Morgan fingerprint density at radius 3 is 2.19 bits per heavy atom. The van der Waals surface area contributed by atoms with Gasteiger partial charge in [-0.15, -0.1) is 0 Å². The molecule has 1 unspecified atom stereocenters. The van der Waals surface area contributed by atoms with Crippen molar-refractivity contribution in [2.45, 2.75) is 13.8 Å². The predicted octanol–water partition coefficient (Wildman–Crippen LogP) is -0.155. The van der Waals surface area contributed by atoms with Gasteiger partial charge in [-0.1, -0.05) is 12.2 Å². The summed E-state index contributed by atoms with van der Waals surface area (Å²) in [5.41, 5.74) is 5.41. The van der Waals surface area contributed by atoms with Crippen molar-refractivity contribution in [2.24, 2.45) is 11.7 Å². The van der Waals surface area contributed by atoms with Gasteiger partial charge in [0.05, 0.1) is 17.5 Å². The zero-order chi connectivity index (χ0) is 12.9. The van der Waals surface area contributed by atoms with Crippen molar-refractivity contribution in [1.82, 2.24) is 9.80 Å². The Morgan fingerprint density at radius 1 is 1.38 bits per heavy atom. The van der Waals surface area contributed by atoms with Gasteiger partial charge in [-0.3, -0.25) is 9.59 Å². The van der Waals surface area contributed by atoms with E-state index in [1.54, 1.807) is 21.0 Å². The van der Waals surface area contributed by atoms with Crippen LogP contribution in [0, 0.1) is 5.92 Å². The number of nitrogens with two attached hydrogens (primary N) is 1. The van der Waals surface area contributed by atoms with Gasteiger partial charge in [0.15, 0.2) is 0 Å². The second kappa shape index (κ2) is 6.42. The summed E-state index contributed by atoms with van der Waals surface area (Å²) in [4.78, 5) is 26.4. The highest BCUT2D eigenvalue weighted by Gasteiger charge is 2.23. The van der Waals surface area contributed by atoms with Crippen LogP contribution in [0.5, 0.6) is 0 Å². The smallest absolute Gasteiger partial charge is 0.241 e. The molecular weight excluding hydrogens is 226 g/mol. The van der Waals surface area contributed by atoms with Crippen LogP contribution in [0.15, 0.2) is 0 Å². The van der Waals surface area contributed by atoms with E-state index in [0.29, 0.717) is 6.54 Å². The first kappa shape index (κ1) is 14.8. The molecule has 0 fully saturated rings. The number of rotatable bonds is 5. The third kappa shape index (κ3) is 4.14. The van der Waals surface area contributed by atoms with Crippen LogP contribution in [0.2, 0.25) is 0 Å². The van der Waals surface area contributed by atoms with Gasteiger partial charge in [0, 0.05) is 20.6 Å². The van der Waals surface area contributed by atoms with E-state index < -0.39 is 5.92 Å². The molecule has 0 aromatic carbocycles. The van der Waals surface area contributed by atoms with Crippen molar-refractivity contribution in [1.29, 1.82) is 0 Å². The van der Waals surface area contributed by atoms with E-state index in [1.165, 1.54) is 9.80 Å². The van der Waals surface area contributed by atoms with Crippen LogP contribution in [0.3, 0.4) is 0 Å². The van der Waals surface area contributed by atoms with Gasteiger partial charge < -0.3 is 15.5 Å². The Balaban J connectivity index is 4.56. The van der Waals surface area contributed by atoms with Crippen LogP contribution in [-0.2, 0) is 9.59 Å². The van der Waals surface area contributed by atoms with Gasteiger partial charge >= 0.3 is 0 Å². The maximum atomic E-state index is 11.9. The summed E-state index contributed by atoms with van der Waals surface area (Å²) in [5, 5.41) is 0. The Labute approximate surface area is 102 Å². The molecule has 5 nitrogen and oxygen atoms in total. The Hall–Kier alpha value is -1.17. The van der Waals surface area contributed by atoms with E-state index in [2.05, 4.69) is 0 Å². The summed E-state index contributed by atoms with van der Waals surface area (Å²) in [5.74, 6) is -0.847. The lowest BCUT2D eigenvalue weighted by atomic mass is 10.1. The normalized spacial score (nSPS) is 11.8. The number of carbonyl (C=O) groups is 2. The number of carbonyl (C=O) groups excluding carboxylic acids is 2. The molecule has 1 atom stereocenters. The number of thiocarbonyl (C=S) groups is 1. The predicted molar refractivity (Wildman–Crippen MR) is 66.9 cm³/mol. The number of hydrogen-bond donors (Lipinski definition) is 1. The molecular formula is C10H19N3O2S. The third-order valence-electron chi connectivity index (χ3n) is 2.32. The average Bonchev–Trinajstić information content (AvgIpc) is 2.22. The number of amides is 2. The molecule has 0 aliphatic heterocycles. The SMILES string of the molecule is CCN(CC(=O)N(C)C)C(=O)C(C)C(N)=S. The van der Waals surface area contributed by atoms with Gasteiger partial charge in [0.2, 0.25) is 11.8 Å². The lowest BCUT2D eigenvalue weighted by Crippen LogP contribution is -2.44. The molecule has 2 amide bonds. The fourth-order valence-electron chi connectivity index (χ4n) is 1.05. The van der Waals surface area contributed by atoms with Gasteiger partial charge in [0.1, 0.15) is 0 Å². The quantitative estimate of drug-likeness (QED) is 0.684. The molecule has 0 rings (SSSR count). The molecule has 0 aromatic rings. The van der Waals surface area contributed by atoms with Crippen LogP contribution in [0.25, 0.3) is 0 Å². The highest BCUT2D eigenvalue weighted by molar-refractivity contribution is 7.80. The van der Waals surface area contributed by atoms with Gasteiger partial charge in [0.25, 0.3) is 0 Å². The van der Waals surface area contributed by atoms with Crippen LogP contribution in [-0.4, -0.2) is 53.8 Å². The fraction of sp³-hybridized carbons (Fsp3) is 0.700. The maximum absolute atomic E-state index is 11.9. The number of likely N-dealkylation sites (N-methyl/N-ethyl adjacent to an activating group) is 2. The number of nitrogens with zero attached hydrogens (tertiary/aromatic N) is 2. The Kier molecular flexibility index (Phi) is 5.95. The number of hydrogen-bond acceptors (Lipinski definition) is 3. The highest BCUT2D eigenvalue weighted by Crippen LogP contribution is 2.03. The van der Waals surface area contributed by atoms with E-state index in [1.807, 2.05) is 6.92 Å². The third-order valence-corrected chi connectivity index (χ3v) is 2.67. The monoisotopic (exact) mass is 245 g/mol. The first-order valence-electron chi connectivity index (χ1n) is 5.09. The maximum Gasteiger partial charge on any atom is 0.241 e. The van der Waals surface area contributed by atoms with Crippen LogP contribution >= 0.6 is 12.2 Å². The second-order valence-electron chi connectivity index (χ2n) is 3.76. The van der Waals surface area contributed by atoms with Crippen molar-refractivity contribution in [3.63, 3.8) is 0 Å². The largest absolute Gasteiger partial charge is 0.393 e. The average molecular weight is 245 g/mol. The van der Waals surface area contributed by atoms with Crippen molar-refractivity contribution < 1.29 is 9.59 Å². The van der Waals surface area contributed by atoms with E-state index in [-0.39, 0.29) is 23.3 Å². The lowest BCUT2D eigenvalue weighted by molar-refractivity contribution is -0.140. The van der Waals surface area contributed by atoms with Crippen LogP contribution in [0.4, 0.5) is 0 Å². The van der Waals surface area contributed by atoms with Crippen molar-refractivity contribution >= 4 is 29.0 Å². The van der Waals surface area contributed by atoms with E-state index in [9.17, 15) is 9.59 Å². The highest BCUT2D eigenvalue weighted by atomic mass is 32.1. The zero-order valence-corrected chi connectivity index (χ0v) is 11.0. The molecule has 6 heteroatoms. The molecule has 2 N–H and O–H groups in total. The Morgan fingerprint density at radius 2 is 1.88 bits per heavy atom. The van der Waals surface area contributed by atoms with Crippen LogP contribution in [0.1, 0.15) is 13.8 Å². The molecule has 0 bridgehead atoms. The minimum absolute atomic E-state index is 0.0648. The summed E-state index contributed by atoms with van der Waals surface area (Å²) in [7, 11) is 3.30. The first-order chi connectivity index (χ1) is 7.31. The minimum Gasteiger partial charge on any atom is -0.393 e. The summed E-state index contributed by atoms with van der Waals surface area (Å²) in [6.07, 6.45) is 0.